The molecule has 31 heavy (non-hydrogen) atoms. The van der Waals surface area contributed by atoms with E-state index in [2.05, 4.69) is 18.2 Å². The number of nitrogens with zero attached hydrogens (tertiary/aromatic N) is 3. The van der Waals surface area contributed by atoms with Crippen LogP contribution >= 0.6 is 11.6 Å². The largest absolute Gasteiger partial charge is 0.208 e. The molecule has 1 aromatic heterocycles. The fourth-order valence-electron chi connectivity index (χ4n) is 3.52. The summed E-state index contributed by atoms with van der Waals surface area (Å²) >= 11 is 6.24. The van der Waals surface area contributed by atoms with Gasteiger partial charge in [-0.25, -0.2) is 15.0 Å². The van der Waals surface area contributed by atoms with Gasteiger partial charge in [-0.1, -0.05) is 109 Å². The van der Waals surface area contributed by atoms with E-state index in [-0.39, 0.29) is 0 Å². The van der Waals surface area contributed by atoms with Crippen LogP contribution in [0.15, 0.2) is 109 Å². The summed E-state index contributed by atoms with van der Waals surface area (Å²) in [5.74, 6) is 1.85. The molecule has 0 aliphatic rings. The zero-order valence-electron chi connectivity index (χ0n) is 16.6. The lowest BCUT2D eigenvalue weighted by atomic mass is 9.99. The highest BCUT2D eigenvalue weighted by molar-refractivity contribution is 6.30. The molecule has 1 heterocycles. The maximum Gasteiger partial charge on any atom is 0.164 e. The number of aromatic nitrogens is 3. The first-order valence-electron chi connectivity index (χ1n) is 10.0. The molecule has 0 saturated heterocycles. The van der Waals surface area contributed by atoms with Crippen molar-refractivity contribution in [3.8, 4) is 45.3 Å². The number of rotatable bonds is 4. The van der Waals surface area contributed by atoms with Gasteiger partial charge in [-0.15, -0.1) is 0 Å². The average Bonchev–Trinajstić information content (AvgIpc) is 2.85. The second kappa shape index (κ2) is 8.50. The molecular formula is C27H18ClN3. The highest BCUT2D eigenvalue weighted by Crippen LogP contribution is 2.32. The molecule has 4 aromatic carbocycles. The molecule has 0 radical (unpaired) electrons. The quantitative estimate of drug-likeness (QED) is 0.309. The Morgan fingerprint density at radius 3 is 1.61 bits per heavy atom. The second-order valence-electron chi connectivity index (χ2n) is 7.09. The van der Waals surface area contributed by atoms with Crippen molar-refractivity contribution >= 4 is 11.6 Å². The maximum atomic E-state index is 6.24. The molecule has 0 fully saturated rings. The van der Waals surface area contributed by atoms with Crippen LogP contribution in [0, 0.1) is 0 Å². The number of hydrogen-bond donors (Lipinski definition) is 0. The molecule has 0 aliphatic heterocycles. The third kappa shape index (κ3) is 4.09. The van der Waals surface area contributed by atoms with Gasteiger partial charge in [0.25, 0.3) is 0 Å². The van der Waals surface area contributed by atoms with Gasteiger partial charge in [0.2, 0.25) is 0 Å². The van der Waals surface area contributed by atoms with E-state index in [9.17, 15) is 0 Å². The first-order chi connectivity index (χ1) is 15.3. The molecule has 0 unspecified atom stereocenters. The molecule has 0 spiro atoms. The van der Waals surface area contributed by atoms with Crippen LogP contribution in [-0.2, 0) is 0 Å². The third-order valence-corrected chi connectivity index (χ3v) is 5.24. The zero-order chi connectivity index (χ0) is 21.0. The van der Waals surface area contributed by atoms with Crippen molar-refractivity contribution in [2.75, 3.05) is 0 Å². The van der Waals surface area contributed by atoms with E-state index in [4.69, 9.17) is 26.6 Å². The first kappa shape index (κ1) is 19.2. The average molecular weight is 420 g/mol. The van der Waals surface area contributed by atoms with Crippen LogP contribution in [0.25, 0.3) is 45.3 Å². The van der Waals surface area contributed by atoms with Gasteiger partial charge in [0.05, 0.1) is 0 Å². The minimum absolute atomic E-state index is 0.592. The van der Waals surface area contributed by atoms with Crippen LogP contribution in [0.4, 0.5) is 0 Å². The summed E-state index contributed by atoms with van der Waals surface area (Å²) in [5.41, 5.74) is 4.93. The molecule has 5 rings (SSSR count). The highest BCUT2D eigenvalue weighted by Gasteiger charge is 2.15. The molecule has 148 valence electrons. The second-order valence-corrected chi connectivity index (χ2v) is 7.53. The lowest BCUT2D eigenvalue weighted by molar-refractivity contribution is 1.07. The standard InChI is InChI=1S/C27H18ClN3/c28-22-15-9-14-21(18-22)26-29-25(20-12-5-2-6-13-20)30-27(31-26)24-17-8-7-16-23(24)19-10-3-1-4-11-19/h1-18H. The highest BCUT2D eigenvalue weighted by atomic mass is 35.5. The zero-order valence-corrected chi connectivity index (χ0v) is 17.4. The lowest BCUT2D eigenvalue weighted by Crippen LogP contribution is -2.01. The lowest BCUT2D eigenvalue weighted by Gasteiger charge is -2.12. The van der Waals surface area contributed by atoms with E-state index < -0.39 is 0 Å². The van der Waals surface area contributed by atoms with Crippen molar-refractivity contribution in [3.05, 3.63) is 114 Å². The summed E-state index contributed by atoms with van der Waals surface area (Å²) in [6, 6.07) is 36.0. The van der Waals surface area contributed by atoms with Crippen molar-refractivity contribution in [1.82, 2.24) is 15.0 Å². The Kier molecular flexibility index (Phi) is 5.26. The van der Waals surface area contributed by atoms with Gasteiger partial charge in [0.15, 0.2) is 17.5 Å². The molecule has 0 aliphatic carbocycles. The Morgan fingerprint density at radius 1 is 0.419 bits per heavy atom. The summed E-state index contributed by atoms with van der Waals surface area (Å²) < 4.78 is 0. The molecule has 0 atom stereocenters. The van der Waals surface area contributed by atoms with Gasteiger partial charge in [-0.05, 0) is 23.3 Å². The molecular weight excluding hydrogens is 402 g/mol. The van der Waals surface area contributed by atoms with Crippen molar-refractivity contribution in [3.63, 3.8) is 0 Å². The van der Waals surface area contributed by atoms with E-state index in [1.807, 2.05) is 91.0 Å². The SMILES string of the molecule is Clc1cccc(-c2nc(-c3ccccc3)nc(-c3ccccc3-c3ccccc3)n2)c1. The smallest absolute Gasteiger partial charge is 0.164 e. The van der Waals surface area contributed by atoms with Crippen LogP contribution in [0.1, 0.15) is 0 Å². The summed E-state index contributed by atoms with van der Waals surface area (Å²) in [5, 5.41) is 0.644. The monoisotopic (exact) mass is 419 g/mol. The Labute approximate surface area is 186 Å². The van der Waals surface area contributed by atoms with Gasteiger partial charge < -0.3 is 0 Å². The first-order valence-corrected chi connectivity index (χ1v) is 10.4. The number of hydrogen-bond acceptors (Lipinski definition) is 3. The van der Waals surface area contributed by atoms with Gasteiger partial charge in [0.1, 0.15) is 0 Å². The van der Waals surface area contributed by atoms with E-state index >= 15 is 0 Å². The van der Waals surface area contributed by atoms with E-state index in [1.165, 1.54) is 0 Å². The minimum atomic E-state index is 0.592. The topological polar surface area (TPSA) is 38.7 Å². The van der Waals surface area contributed by atoms with Gasteiger partial charge in [-0.3, -0.25) is 0 Å². The summed E-state index contributed by atoms with van der Waals surface area (Å²) in [7, 11) is 0. The van der Waals surface area contributed by atoms with Gasteiger partial charge in [0, 0.05) is 21.7 Å². The Morgan fingerprint density at radius 2 is 0.935 bits per heavy atom. The third-order valence-electron chi connectivity index (χ3n) is 5.00. The molecule has 5 aromatic rings. The van der Waals surface area contributed by atoms with Crippen molar-refractivity contribution in [2.45, 2.75) is 0 Å². The maximum absolute atomic E-state index is 6.24. The van der Waals surface area contributed by atoms with E-state index in [0.717, 1.165) is 27.8 Å². The van der Waals surface area contributed by atoms with E-state index in [1.54, 1.807) is 0 Å². The fraction of sp³-hybridized carbons (Fsp3) is 0. The summed E-state index contributed by atoms with van der Waals surface area (Å²) in [4.78, 5) is 14.5. The Balaban J connectivity index is 1.74. The molecule has 4 heteroatoms. The summed E-state index contributed by atoms with van der Waals surface area (Å²) in [6.07, 6.45) is 0. The van der Waals surface area contributed by atoms with Crippen LogP contribution in [0.5, 0.6) is 0 Å². The Bertz CT molecular complexity index is 1340. The van der Waals surface area contributed by atoms with Crippen molar-refractivity contribution in [1.29, 1.82) is 0 Å². The molecule has 0 N–H and O–H groups in total. The van der Waals surface area contributed by atoms with Crippen LogP contribution in [0.2, 0.25) is 5.02 Å². The van der Waals surface area contributed by atoms with Crippen LogP contribution in [-0.4, -0.2) is 15.0 Å². The predicted molar refractivity (Wildman–Crippen MR) is 127 cm³/mol. The molecule has 0 amide bonds. The number of benzene rings is 4. The van der Waals surface area contributed by atoms with Crippen LogP contribution < -0.4 is 0 Å². The minimum Gasteiger partial charge on any atom is -0.208 e. The molecule has 3 nitrogen and oxygen atoms in total. The van der Waals surface area contributed by atoms with Crippen LogP contribution in [0.3, 0.4) is 0 Å². The fourth-order valence-corrected chi connectivity index (χ4v) is 3.71. The van der Waals surface area contributed by atoms with Gasteiger partial charge in [-0.2, -0.15) is 0 Å². The Hall–Kier alpha value is -3.82. The summed E-state index contributed by atoms with van der Waals surface area (Å²) in [6.45, 7) is 0. The van der Waals surface area contributed by atoms with Crippen molar-refractivity contribution in [2.24, 2.45) is 0 Å². The molecule has 0 saturated carbocycles. The predicted octanol–water partition coefficient (Wildman–Crippen LogP) is 7.19. The van der Waals surface area contributed by atoms with Gasteiger partial charge >= 0.3 is 0 Å². The van der Waals surface area contributed by atoms with Crippen molar-refractivity contribution < 1.29 is 0 Å². The van der Waals surface area contributed by atoms with E-state index in [0.29, 0.717) is 22.5 Å². The normalized spacial score (nSPS) is 10.7. The molecule has 0 bridgehead atoms. The number of halogens is 1.